The van der Waals surface area contributed by atoms with Crippen LogP contribution in [0.3, 0.4) is 0 Å². The van der Waals surface area contributed by atoms with Gasteiger partial charge < -0.3 is 9.72 Å². The SMILES string of the molecule is COc1ccc(Cl)c2c(C)c(C(F)(F)F)[nH]c12. The van der Waals surface area contributed by atoms with Crippen LogP contribution in [0.2, 0.25) is 5.02 Å². The van der Waals surface area contributed by atoms with Crippen LogP contribution >= 0.6 is 11.6 Å². The maximum atomic E-state index is 12.7. The third-order valence-electron chi connectivity index (χ3n) is 2.62. The second-order valence-electron chi connectivity index (χ2n) is 3.62. The predicted molar refractivity (Wildman–Crippen MR) is 59.6 cm³/mol. The first kappa shape index (κ1) is 12.1. The van der Waals surface area contributed by atoms with E-state index in [9.17, 15) is 13.2 Å². The van der Waals surface area contributed by atoms with Crippen molar-refractivity contribution in [2.24, 2.45) is 0 Å². The van der Waals surface area contributed by atoms with E-state index in [1.165, 1.54) is 26.2 Å². The Morgan fingerprint density at radius 3 is 2.47 bits per heavy atom. The van der Waals surface area contributed by atoms with Gasteiger partial charge in [-0.05, 0) is 24.6 Å². The highest BCUT2D eigenvalue weighted by atomic mass is 35.5. The van der Waals surface area contributed by atoms with E-state index >= 15 is 0 Å². The van der Waals surface area contributed by atoms with E-state index in [0.29, 0.717) is 11.1 Å². The topological polar surface area (TPSA) is 25.0 Å². The fourth-order valence-electron chi connectivity index (χ4n) is 1.85. The average molecular weight is 264 g/mol. The Bertz CT molecular complexity index is 574. The van der Waals surface area contributed by atoms with E-state index < -0.39 is 11.9 Å². The van der Waals surface area contributed by atoms with Crippen molar-refractivity contribution in [2.45, 2.75) is 13.1 Å². The Hall–Kier alpha value is -1.36. The highest BCUT2D eigenvalue weighted by Gasteiger charge is 2.36. The summed E-state index contributed by atoms with van der Waals surface area (Å²) in [5.41, 5.74) is -0.444. The first-order valence-corrected chi connectivity index (χ1v) is 5.16. The zero-order valence-electron chi connectivity index (χ0n) is 9.07. The fraction of sp³-hybridized carbons (Fsp3) is 0.273. The zero-order valence-corrected chi connectivity index (χ0v) is 9.83. The van der Waals surface area contributed by atoms with Gasteiger partial charge >= 0.3 is 6.18 Å². The summed E-state index contributed by atoms with van der Waals surface area (Å²) in [5, 5.41) is 0.614. The van der Waals surface area contributed by atoms with Gasteiger partial charge in [0.05, 0.1) is 17.6 Å². The van der Waals surface area contributed by atoms with Gasteiger partial charge in [0.1, 0.15) is 11.4 Å². The van der Waals surface area contributed by atoms with Gasteiger partial charge in [-0.3, -0.25) is 0 Å². The van der Waals surface area contributed by atoms with E-state index in [1.54, 1.807) is 0 Å². The van der Waals surface area contributed by atoms with Crippen molar-refractivity contribution in [3.05, 3.63) is 28.4 Å². The average Bonchev–Trinajstić information content (AvgIpc) is 2.58. The normalized spacial score (nSPS) is 12.1. The van der Waals surface area contributed by atoms with Gasteiger partial charge in [-0.25, -0.2) is 0 Å². The number of methoxy groups -OCH3 is 1. The molecule has 0 bridgehead atoms. The number of rotatable bonds is 1. The Morgan fingerprint density at radius 1 is 1.29 bits per heavy atom. The smallest absolute Gasteiger partial charge is 0.431 e. The Morgan fingerprint density at radius 2 is 1.94 bits per heavy atom. The molecule has 17 heavy (non-hydrogen) atoms. The summed E-state index contributed by atoms with van der Waals surface area (Å²) in [6, 6.07) is 3.05. The molecule has 92 valence electrons. The molecule has 0 spiro atoms. The summed E-state index contributed by atoms with van der Waals surface area (Å²) < 4.78 is 43.2. The molecule has 1 aromatic heterocycles. The molecule has 2 nitrogen and oxygen atoms in total. The number of ether oxygens (including phenoxy) is 1. The molecule has 0 aliphatic heterocycles. The molecular weight excluding hydrogens is 255 g/mol. The van der Waals surface area contributed by atoms with Crippen molar-refractivity contribution < 1.29 is 17.9 Å². The lowest BCUT2D eigenvalue weighted by molar-refractivity contribution is -0.141. The first-order valence-electron chi connectivity index (χ1n) is 4.78. The van der Waals surface area contributed by atoms with E-state index in [2.05, 4.69) is 4.98 Å². The van der Waals surface area contributed by atoms with Crippen LogP contribution in [0, 0.1) is 6.92 Å². The van der Waals surface area contributed by atoms with Crippen LogP contribution in [0.5, 0.6) is 5.75 Å². The molecule has 1 heterocycles. The number of hydrogen-bond acceptors (Lipinski definition) is 1. The monoisotopic (exact) mass is 263 g/mol. The molecule has 0 atom stereocenters. The molecule has 0 saturated heterocycles. The number of H-pyrrole nitrogens is 1. The molecule has 2 rings (SSSR count). The highest BCUT2D eigenvalue weighted by Crippen LogP contribution is 2.40. The van der Waals surface area contributed by atoms with E-state index in [-0.39, 0.29) is 16.1 Å². The number of aromatic nitrogens is 1. The number of benzene rings is 1. The van der Waals surface area contributed by atoms with Gasteiger partial charge in [-0.2, -0.15) is 13.2 Å². The quantitative estimate of drug-likeness (QED) is 0.821. The second kappa shape index (κ2) is 3.84. The molecule has 0 fully saturated rings. The van der Waals surface area contributed by atoms with E-state index in [1.807, 2.05) is 0 Å². The number of nitrogens with one attached hydrogen (secondary N) is 1. The lowest BCUT2D eigenvalue weighted by Gasteiger charge is -2.04. The third kappa shape index (κ3) is 1.84. The lowest BCUT2D eigenvalue weighted by Crippen LogP contribution is -2.06. The minimum atomic E-state index is -4.43. The first-order chi connectivity index (χ1) is 7.86. The molecule has 0 aliphatic carbocycles. The minimum absolute atomic E-state index is 0.0800. The molecule has 0 radical (unpaired) electrons. The summed E-state index contributed by atoms with van der Waals surface area (Å²) in [4.78, 5) is 2.33. The van der Waals surface area contributed by atoms with Gasteiger partial charge in [0.2, 0.25) is 0 Å². The summed E-state index contributed by atoms with van der Waals surface area (Å²) in [7, 11) is 1.39. The maximum Gasteiger partial charge on any atom is 0.431 e. The van der Waals surface area contributed by atoms with Crippen LogP contribution in [-0.2, 0) is 6.18 Å². The number of alkyl halides is 3. The molecule has 6 heteroatoms. The molecule has 0 aliphatic rings. The van der Waals surface area contributed by atoms with Crippen LogP contribution in [-0.4, -0.2) is 12.1 Å². The van der Waals surface area contributed by atoms with Crippen molar-refractivity contribution in [3.63, 3.8) is 0 Å². The Balaban J connectivity index is 2.85. The fourth-order valence-corrected chi connectivity index (χ4v) is 2.15. The molecule has 1 aromatic carbocycles. The highest BCUT2D eigenvalue weighted by molar-refractivity contribution is 6.36. The van der Waals surface area contributed by atoms with Gasteiger partial charge in [0, 0.05) is 5.39 Å². The van der Waals surface area contributed by atoms with Gasteiger partial charge in [0.25, 0.3) is 0 Å². The van der Waals surface area contributed by atoms with E-state index in [0.717, 1.165) is 0 Å². The van der Waals surface area contributed by atoms with Crippen molar-refractivity contribution in [1.29, 1.82) is 0 Å². The summed E-state index contributed by atoms with van der Waals surface area (Å²) in [6.45, 7) is 1.38. The molecule has 2 aromatic rings. The predicted octanol–water partition coefficient (Wildman–Crippen LogP) is 4.16. The summed E-state index contributed by atoms with van der Waals surface area (Å²) in [6.07, 6.45) is -4.43. The van der Waals surface area contributed by atoms with Gasteiger partial charge in [0.15, 0.2) is 0 Å². The van der Waals surface area contributed by atoms with Crippen LogP contribution in [0.25, 0.3) is 10.9 Å². The standard InChI is InChI=1S/C11H9ClF3NO/c1-5-8-6(12)3-4-7(17-2)9(8)16-10(5)11(13,14)15/h3-4,16H,1-2H3. The minimum Gasteiger partial charge on any atom is -0.495 e. The number of aromatic amines is 1. The van der Waals surface area contributed by atoms with E-state index in [4.69, 9.17) is 16.3 Å². The van der Waals surface area contributed by atoms with Crippen molar-refractivity contribution in [1.82, 2.24) is 4.98 Å². The second-order valence-corrected chi connectivity index (χ2v) is 4.03. The molecule has 0 unspecified atom stereocenters. The number of aryl methyl sites for hydroxylation is 1. The number of fused-ring (bicyclic) bond motifs is 1. The lowest BCUT2D eigenvalue weighted by atomic mass is 10.1. The largest absolute Gasteiger partial charge is 0.495 e. The van der Waals surface area contributed by atoms with Crippen LogP contribution < -0.4 is 4.74 Å². The molecule has 0 amide bonds. The Labute approximate surface area is 100 Å². The van der Waals surface area contributed by atoms with Crippen molar-refractivity contribution >= 4 is 22.5 Å². The van der Waals surface area contributed by atoms with Crippen molar-refractivity contribution in [3.8, 4) is 5.75 Å². The molecule has 0 saturated carbocycles. The van der Waals surface area contributed by atoms with Crippen LogP contribution in [0.15, 0.2) is 12.1 Å². The zero-order chi connectivity index (χ0) is 12.8. The van der Waals surface area contributed by atoms with Crippen molar-refractivity contribution in [2.75, 3.05) is 7.11 Å². The van der Waals surface area contributed by atoms with Crippen LogP contribution in [0.1, 0.15) is 11.3 Å². The number of halogens is 4. The maximum absolute atomic E-state index is 12.7. The van der Waals surface area contributed by atoms with Crippen LogP contribution in [0.4, 0.5) is 13.2 Å². The third-order valence-corrected chi connectivity index (χ3v) is 2.93. The van der Waals surface area contributed by atoms with Gasteiger partial charge in [-0.15, -0.1) is 0 Å². The van der Waals surface area contributed by atoms with Gasteiger partial charge in [-0.1, -0.05) is 11.6 Å². The molecule has 1 N–H and O–H groups in total. The molecular formula is C11H9ClF3NO. The number of hydrogen-bond donors (Lipinski definition) is 1. The summed E-state index contributed by atoms with van der Waals surface area (Å²) in [5.74, 6) is 0.336. The summed E-state index contributed by atoms with van der Waals surface area (Å²) >= 11 is 5.91. The Kier molecular flexibility index (Phi) is 2.73.